The summed E-state index contributed by atoms with van der Waals surface area (Å²) in [6.45, 7) is 2.84. The van der Waals surface area contributed by atoms with Crippen LogP contribution in [0.2, 0.25) is 5.02 Å². The van der Waals surface area contributed by atoms with E-state index in [0.717, 1.165) is 24.9 Å². The van der Waals surface area contributed by atoms with Crippen molar-refractivity contribution in [2.45, 2.75) is 19.0 Å². The third-order valence-corrected chi connectivity index (χ3v) is 6.41. The molecular weight excluding hydrogens is 419 g/mol. The average molecular weight is 442 g/mol. The first kappa shape index (κ1) is 21.2. The van der Waals surface area contributed by atoms with Crippen LogP contribution in [-0.4, -0.2) is 44.1 Å². The van der Waals surface area contributed by atoms with Crippen LogP contribution in [0.1, 0.15) is 17.5 Å². The summed E-state index contributed by atoms with van der Waals surface area (Å²) in [6.07, 6.45) is 0.559. The zero-order valence-corrected chi connectivity index (χ0v) is 17.3. The molecule has 162 valence electrons. The van der Waals surface area contributed by atoms with Gasteiger partial charge in [0.05, 0.1) is 36.6 Å². The molecule has 2 fully saturated rings. The number of ketones is 1. The third-order valence-electron chi connectivity index (χ3n) is 6.10. The van der Waals surface area contributed by atoms with Crippen LogP contribution in [-0.2, 0) is 26.9 Å². The van der Waals surface area contributed by atoms with E-state index in [1.165, 1.54) is 12.1 Å². The van der Waals surface area contributed by atoms with Gasteiger partial charge < -0.3 is 14.4 Å². The number of hydrogen-bond acceptors (Lipinski definition) is 4. The largest absolute Gasteiger partial charge is 0.495 e. The molecule has 8 heteroatoms. The van der Waals surface area contributed by atoms with Crippen molar-refractivity contribution in [3.63, 3.8) is 0 Å². The second kappa shape index (κ2) is 8.27. The fourth-order valence-electron chi connectivity index (χ4n) is 4.61. The molecule has 4 nitrogen and oxygen atoms in total. The molecule has 1 aliphatic heterocycles. The number of rotatable bonds is 4. The molecule has 3 unspecified atom stereocenters. The number of ether oxygens (including phenoxy) is 2. The Morgan fingerprint density at radius 3 is 2.60 bits per heavy atom. The molecule has 30 heavy (non-hydrogen) atoms. The first-order valence-corrected chi connectivity index (χ1v) is 10.4. The average Bonchev–Trinajstić information content (AvgIpc) is 3.01. The molecule has 1 aromatic rings. The number of morpholine rings is 1. The zero-order valence-electron chi connectivity index (χ0n) is 16.5. The number of halogens is 4. The molecule has 0 bridgehead atoms. The molecule has 0 N–H and O–H groups in total. The lowest BCUT2D eigenvalue weighted by Gasteiger charge is -2.34. The van der Waals surface area contributed by atoms with Crippen LogP contribution in [0.25, 0.3) is 0 Å². The summed E-state index contributed by atoms with van der Waals surface area (Å²) in [5.74, 6) is 0.332. The number of methoxy groups -OCH3 is 1. The van der Waals surface area contributed by atoms with Crippen molar-refractivity contribution in [1.29, 1.82) is 0 Å². The number of allylic oxidation sites excluding steroid dienone is 2. The van der Waals surface area contributed by atoms with Gasteiger partial charge in [-0.15, -0.1) is 0 Å². The van der Waals surface area contributed by atoms with E-state index in [4.69, 9.17) is 21.1 Å². The monoisotopic (exact) mass is 441 g/mol. The van der Waals surface area contributed by atoms with E-state index in [1.54, 1.807) is 7.11 Å². The highest BCUT2D eigenvalue weighted by atomic mass is 35.5. The number of alkyl halides is 3. The van der Waals surface area contributed by atoms with Gasteiger partial charge in [0.15, 0.2) is 0 Å². The second-order valence-corrected chi connectivity index (χ2v) is 8.33. The summed E-state index contributed by atoms with van der Waals surface area (Å²) in [5.41, 5.74) is 0.775. The minimum absolute atomic E-state index is 0.0594. The number of hydrogen-bond donors (Lipinski definition) is 0. The summed E-state index contributed by atoms with van der Waals surface area (Å²) in [6, 6.07) is 3.73. The molecule has 4 rings (SSSR count). The number of carbonyl (C=O) groups excluding carboxylic acids is 1. The van der Waals surface area contributed by atoms with Crippen LogP contribution in [0.5, 0.6) is 0 Å². The van der Waals surface area contributed by atoms with Gasteiger partial charge in [-0.2, -0.15) is 13.2 Å². The summed E-state index contributed by atoms with van der Waals surface area (Å²) in [7, 11) is 1.60. The van der Waals surface area contributed by atoms with E-state index in [1.807, 2.05) is 6.08 Å². The van der Waals surface area contributed by atoms with Gasteiger partial charge in [-0.3, -0.25) is 4.79 Å². The molecule has 2 aliphatic carbocycles. The van der Waals surface area contributed by atoms with Crippen LogP contribution in [0, 0.1) is 17.8 Å². The maximum absolute atomic E-state index is 13.0. The van der Waals surface area contributed by atoms with Gasteiger partial charge in [0.1, 0.15) is 11.5 Å². The molecule has 1 saturated heterocycles. The Hall–Kier alpha value is -1.99. The number of benzene rings is 1. The normalized spacial score (nSPS) is 26.9. The highest BCUT2D eigenvalue weighted by Crippen LogP contribution is 2.43. The maximum atomic E-state index is 13.0. The van der Waals surface area contributed by atoms with Gasteiger partial charge in [0.2, 0.25) is 0 Å². The number of carbonyl (C=O) groups is 1. The Morgan fingerprint density at radius 1 is 1.23 bits per heavy atom. The van der Waals surface area contributed by atoms with Crippen LogP contribution in [0.3, 0.4) is 0 Å². The third kappa shape index (κ3) is 4.10. The van der Waals surface area contributed by atoms with Gasteiger partial charge in [-0.05, 0) is 42.5 Å². The van der Waals surface area contributed by atoms with E-state index in [9.17, 15) is 18.0 Å². The summed E-state index contributed by atoms with van der Waals surface area (Å²) < 4.78 is 49.8. The predicted octanol–water partition coefficient (Wildman–Crippen LogP) is 4.48. The van der Waals surface area contributed by atoms with Gasteiger partial charge in [-0.1, -0.05) is 23.7 Å². The number of fused-ring (bicyclic) bond motifs is 1. The van der Waals surface area contributed by atoms with Crippen molar-refractivity contribution in [3.05, 3.63) is 58.0 Å². The first-order chi connectivity index (χ1) is 14.3. The van der Waals surface area contributed by atoms with E-state index < -0.39 is 11.7 Å². The van der Waals surface area contributed by atoms with Crippen LogP contribution < -0.4 is 0 Å². The fourth-order valence-corrected chi connectivity index (χ4v) is 4.92. The van der Waals surface area contributed by atoms with Gasteiger partial charge in [0, 0.05) is 24.9 Å². The SMILES string of the molecule is COC1=CC2C(=O)C(Cc3ccc(C(F)(F)F)c(Cl)c3)CC2C=C1N1CCOCC1. The molecule has 3 atom stereocenters. The minimum atomic E-state index is -4.49. The Morgan fingerprint density at radius 2 is 1.97 bits per heavy atom. The highest BCUT2D eigenvalue weighted by Gasteiger charge is 2.43. The quantitative estimate of drug-likeness (QED) is 0.690. The highest BCUT2D eigenvalue weighted by molar-refractivity contribution is 6.31. The van der Waals surface area contributed by atoms with Crippen LogP contribution >= 0.6 is 11.6 Å². The molecule has 0 radical (unpaired) electrons. The predicted molar refractivity (Wildman–Crippen MR) is 106 cm³/mol. The lowest BCUT2D eigenvalue weighted by atomic mass is 9.89. The van der Waals surface area contributed by atoms with E-state index in [-0.39, 0.29) is 28.6 Å². The Bertz CT molecular complexity index is 890. The summed E-state index contributed by atoms with van der Waals surface area (Å²) >= 11 is 5.84. The number of Topliss-reactive ketones (excluding diaryl/α,β-unsaturated/α-hetero) is 1. The van der Waals surface area contributed by atoms with Crippen molar-refractivity contribution < 1.29 is 27.4 Å². The van der Waals surface area contributed by atoms with E-state index >= 15 is 0 Å². The minimum Gasteiger partial charge on any atom is -0.495 e. The van der Waals surface area contributed by atoms with Gasteiger partial charge in [-0.25, -0.2) is 0 Å². The summed E-state index contributed by atoms with van der Waals surface area (Å²) in [4.78, 5) is 15.2. The molecule has 1 saturated carbocycles. The van der Waals surface area contributed by atoms with E-state index in [2.05, 4.69) is 11.0 Å². The molecule has 0 spiro atoms. The van der Waals surface area contributed by atoms with Crippen molar-refractivity contribution in [3.8, 4) is 0 Å². The molecular formula is C22H23ClF3NO3. The first-order valence-electron chi connectivity index (χ1n) is 9.98. The lowest BCUT2D eigenvalue weighted by Crippen LogP contribution is -2.37. The van der Waals surface area contributed by atoms with Crippen LogP contribution in [0.15, 0.2) is 41.8 Å². The Kier molecular flexibility index (Phi) is 5.86. The van der Waals surface area contributed by atoms with Crippen molar-refractivity contribution in [2.75, 3.05) is 33.4 Å². The summed E-state index contributed by atoms with van der Waals surface area (Å²) in [5, 5.41) is -0.334. The van der Waals surface area contributed by atoms with Gasteiger partial charge >= 0.3 is 6.18 Å². The topological polar surface area (TPSA) is 38.8 Å². The van der Waals surface area contributed by atoms with Crippen LogP contribution in [0.4, 0.5) is 13.2 Å². The Balaban J connectivity index is 1.52. The lowest BCUT2D eigenvalue weighted by molar-refractivity contribution is -0.137. The van der Waals surface area contributed by atoms with E-state index in [0.29, 0.717) is 37.4 Å². The van der Waals surface area contributed by atoms with Crippen molar-refractivity contribution >= 4 is 17.4 Å². The van der Waals surface area contributed by atoms with Gasteiger partial charge in [0.25, 0.3) is 0 Å². The fraction of sp³-hybridized carbons (Fsp3) is 0.500. The molecule has 1 aromatic carbocycles. The van der Waals surface area contributed by atoms with Crippen molar-refractivity contribution in [2.24, 2.45) is 17.8 Å². The smallest absolute Gasteiger partial charge is 0.417 e. The maximum Gasteiger partial charge on any atom is 0.417 e. The second-order valence-electron chi connectivity index (χ2n) is 7.93. The van der Waals surface area contributed by atoms with Crippen molar-refractivity contribution in [1.82, 2.24) is 4.90 Å². The molecule has 0 amide bonds. The molecule has 0 aromatic heterocycles. The molecule has 1 heterocycles. The molecule has 3 aliphatic rings. The standard InChI is InChI=1S/C22H23ClF3NO3/c1-29-20-12-16-14(11-19(20)27-4-6-30-7-5-27)10-15(21(16)28)8-13-2-3-17(18(23)9-13)22(24,25)26/h2-3,9,11-12,14-16H,4-8,10H2,1H3. The number of nitrogens with zero attached hydrogens (tertiary/aromatic N) is 1. The Labute approximate surface area is 178 Å². The zero-order chi connectivity index (χ0) is 21.5.